The van der Waals surface area contributed by atoms with Gasteiger partial charge in [0.15, 0.2) is 0 Å². The van der Waals surface area contributed by atoms with Gasteiger partial charge in [0, 0.05) is 0 Å². The van der Waals surface area contributed by atoms with Gasteiger partial charge in [-0.3, -0.25) is 0 Å². The van der Waals surface area contributed by atoms with Crippen LogP contribution < -0.4 is 0 Å². The van der Waals surface area contributed by atoms with E-state index in [9.17, 15) is 4.39 Å². The Balaban J connectivity index is 2.71. The maximum absolute atomic E-state index is 12.8. The van der Waals surface area contributed by atoms with Crippen molar-refractivity contribution in [2.24, 2.45) is 0 Å². The monoisotopic (exact) mass is 215 g/mol. The van der Waals surface area contributed by atoms with Crippen molar-refractivity contribution in [2.75, 3.05) is 0 Å². The number of hydrogen-bond donors (Lipinski definition) is 0. The summed E-state index contributed by atoms with van der Waals surface area (Å²) in [6.07, 6.45) is 0. The van der Waals surface area contributed by atoms with E-state index < -0.39 is 0 Å². The van der Waals surface area contributed by atoms with Crippen LogP contribution in [0.2, 0.25) is 0 Å². The topological polar surface area (TPSA) is 23.8 Å². The first-order chi connectivity index (χ1) is 5.34. The summed E-state index contributed by atoms with van der Waals surface area (Å²) in [6, 6.07) is 6.57. The molecule has 1 rings (SSSR count). The van der Waals surface area contributed by atoms with E-state index in [-0.39, 0.29) is 20.8 Å². The molecule has 0 heterocycles. The van der Waals surface area contributed by atoms with Gasteiger partial charge in [0.25, 0.3) is 0 Å². The van der Waals surface area contributed by atoms with Gasteiger partial charge in [0.05, 0.1) is 0 Å². The van der Waals surface area contributed by atoms with E-state index in [0.717, 1.165) is 0 Å². The number of rotatable bonds is 2. The van der Waals surface area contributed by atoms with E-state index in [1.165, 1.54) is 6.07 Å². The molecule has 0 aliphatic heterocycles. The number of halogens is 1. The summed E-state index contributed by atoms with van der Waals surface area (Å²) in [5.74, 6) is -0.204. The van der Waals surface area contributed by atoms with Crippen LogP contribution in [0.1, 0.15) is 5.56 Å². The van der Waals surface area contributed by atoms with Crippen molar-refractivity contribution in [3.8, 4) is 4.97 Å². The molecule has 0 radical (unpaired) electrons. The fourth-order valence-electron chi connectivity index (χ4n) is 0.725. The van der Waals surface area contributed by atoms with E-state index in [1.54, 1.807) is 18.2 Å². The molecule has 0 N–H and O–H groups in total. The van der Waals surface area contributed by atoms with Gasteiger partial charge >= 0.3 is 70.5 Å². The summed E-state index contributed by atoms with van der Waals surface area (Å²) in [6.45, 7) is 0. The molecular formula is C8H6FNSe. The summed E-state index contributed by atoms with van der Waals surface area (Å²) in [4.78, 5) is 2.04. The third-order valence-corrected chi connectivity index (χ3v) is 2.48. The molecule has 1 aromatic carbocycles. The fraction of sp³-hybridized carbons (Fsp3) is 0.125. The van der Waals surface area contributed by atoms with Crippen molar-refractivity contribution >= 4 is 15.0 Å². The number of nitrogens with zero attached hydrogens (tertiary/aromatic N) is 1. The Morgan fingerprint density at radius 2 is 2.18 bits per heavy atom. The van der Waals surface area contributed by atoms with Crippen molar-refractivity contribution in [2.45, 2.75) is 5.32 Å². The third-order valence-electron chi connectivity index (χ3n) is 1.25. The fourth-order valence-corrected chi connectivity index (χ4v) is 1.68. The molecule has 0 aliphatic carbocycles. The van der Waals surface area contributed by atoms with Gasteiger partial charge in [-0.05, 0) is 0 Å². The predicted octanol–water partition coefficient (Wildman–Crippen LogP) is 1.51. The van der Waals surface area contributed by atoms with Crippen LogP contribution >= 0.6 is 0 Å². The average molecular weight is 214 g/mol. The Bertz CT molecular complexity index is 280. The first kappa shape index (κ1) is 8.26. The van der Waals surface area contributed by atoms with Crippen molar-refractivity contribution in [3.63, 3.8) is 0 Å². The zero-order valence-electron chi connectivity index (χ0n) is 5.75. The number of benzene rings is 1. The van der Waals surface area contributed by atoms with Crippen molar-refractivity contribution in [3.05, 3.63) is 35.6 Å². The molecule has 0 amide bonds. The van der Waals surface area contributed by atoms with Crippen LogP contribution in [0.25, 0.3) is 0 Å². The van der Waals surface area contributed by atoms with E-state index >= 15 is 0 Å². The second kappa shape index (κ2) is 4.12. The standard InChI is InChI=1S/C8H6FNSe/c9-8-4-2-1-3-7(8)5-11-6-10/h1-4H,5H2. The van der Waals surface area contributed by atoms with Crippen LogP contribution in [0.3, 0.4) is 0 Å². The van der Waals surface area contributed by atoms with Crippen LogP contribution in [0, 0.1) is 16.0 Å². The molecule has 0 unspecified atom stereocenters. The second-order valence-electron chi connectivity index (χ2n) is 1.97. The Morgan fingerprint density at radius 3 is 2.82 bits per heavy atom. The van der Waals surface area contributed by atoms with E-state index in [2.05, 4.69) is 0 Å². The average Bonchev–Trinajstić information content (AvgIpc) is 2.03. The van der Waals surface area contributed by atoms with Crippen LogP contribution in [-0.2, 0) is 5.32 Å². The summed E-state index contributed by atoms with van der Waals surface area (Å²) in [5, 5.41) is 8.84. The summed E-state index contributed by atoms with van der Waals surface area (Å²) >= 11 is -0.123. The van der Waals surface area contributed by atoms with Crippen LogP contribution in [0.4, 0.5) is 4.39 Å². The maximum atomic E-state index is 12.8. The molecule has 1 nitrogen and oxygen atoms in total. The Labute approximate surface area is 71.0 Å². The van der Waals surface area contributed by atoms with Gasteiger partial charge in [-0.2, -0.15) is 0 Å². The quantitative estimate of drug-likeness (QED) is 0.684. The van der Waals surface area contributed by atoms with Gasteiger partial charge < -0.3 is 0 Å². The van der Waals surface area contributed by atoms with Gasteiger partial charge in [0.1, 0.15) is 0 Å². The minimum atomic E-state index is -0.204. The van der Waals surface area contributed by atoms with Crippen molar-refractivity contribution < 1.29 is 4.39 Å². The van der Waals surface area contributed by atoms with Gasteiger partial charge in [-0.1, -0.05) is 0 Å². The molecule has 1 aromatic rings. The van der Waals surface area contributed by atoms with E-state index in [1.807, 2.05) is 4.97 Å². The molecule has 11 heavy (non-hydrogen) atoms. The molecule has 0 fully saturated rings. The van der Waals surface area contributed by atoms with E-state index in [0.29, 0.717) is 10.9 Å². The van der Waals surface area contributed by atoms with Gasteiger partial charge in [-0.15, -0.1) is 0 Å². The number of hydrogen-bond acceptors (Lipinski definition) is 1. The molecule has 56 valence electrons. The van der Waals surface area contributed by atoms with Gasteiger partial charge in [0.2, 0.25) is 0 Å². The zero-order chi connectivity index (χ0) is 8.10. The molecule has 0 aromatic heterocycles. The molecule has 0 aliphatic rings. The molecule has 0 saturated heterocycles. The predicted molar refractivity (Wildman–Crippen MR) is 41.5 cm³/mol. The summed E-state index contributed by atoms with van der Waals surface area (Å²) in [7, 11) is 0. The van der Waals surface area contributed by atoms with Crippen molar-refractivity contribution in [1.29, 1.82) is 5.26 Å². The van der Waals surface area contributed by atoms with Gasteiger partial charge in [-0.25, -0.2) is 0 Å². The van der Waals surface area contributed by atoms with E-state index in [4.69, 9.17) is 5.26 Å². The second-order valence-corrected chi connectivity index (χ2v) is 3.57. The molecule has 3 heteroatoms. The first-order valence-corrected chi connectivity index (χ1v) is 5.15. The zero-order valence-corrected chi connectivity index (χ0v) is 7.46. The van der Waals surface area contributed by atoms with Crippen LogP contribution in [0.15, 0.2) is 24.3 Å². The van der Waals surface area contributed by atoms with Crippen LogP contribution in [-0.4, -0.2) is 15.0 Å². The third kappa shape index (κ3) is 2.34. The molecule has 0 saturated carbocycles. The SMILES string of the molecule is N#C[Se]Cc1ccccc1F. The molecular weight excluding hydrogens is 208 g/mol. The molecule has 0 bridgehead atoms. The Kier molecular flexibility index (Phi) is 3.10. The molecule has 0 atom stereocenters. The van der Waals surface area contributed by atoms with Crippen molar-refractivity contribution in [1.82, 2.24) is 0 Å². The Hall–Kier alpha value is -0.841. The summed E-state index contributed by atoms with van der Waals surface area (Å²) in [5.41, 5.74) is 0.647. The minimum absolute atomic E-state index is 0.123. The number of nitriles is 1. The normalized spacial score (nSPS) is 9.09. The van der Waals surface area contributed by atoms with Crippen LogP contribution in [0.5, 0.6) is 0 Å². The first-order valence-electron chi connectivity index (χ1n) is 3.09. The summed E-state index contributed by atoms with van der Waals surface area (Å²) < 4.78 is 12.8. The Morgan fingerprint density at radius 1 is 1.45 bits per heavy atom. The molecule has 0 spiro atoms.